The van der Waals surface area contributed by atoms with Crippen LogP contribution < -0.4 is 16.0 Å². The number of amides is 2. The van der Waals surface area contributed by atoms with Gasteiger partial charge in [0.05, 0.1) is 12.1 Å². The molecule has 3 rings (SSSR count). The SMILES string of the molecule is CCNC(=NCc1cccc(NC(=O)N2CCCC2)c1)NCc1ccc(C(F)(F)F)cc1.I. The van der Waals surface area contributed by atoms with E-state index in [-0.39, 0.29) is 30.0 Å². The molecule has 2 amide bonds. The van der Waals surface area contributed by atoms with Crippen LogP contribution in [0.4, 0.5) is 23.7 Å². The summed E-state index contributed by atoms with van der Waals surface area (Å²) in [4.78, 5) is 18.6. The Labute approximate surface area is 209 Å². The maximum Gasteiger partial charge on any atom is 0.416 e. The highest BCUT2D eigenvalue weighted by Crippen LogP contribution is 2.29. The van der Waals surface area contributed by atoms with Gasteiger partial charge in [0.2, 0.25) is 0 Å². The van der Waals surface area contributed by atoms with E-state index >= 15 is 0 Å². The van der Waals surface area contributed by atoms with Crippen molar-refractivity contribution in [3.63, 3.8) is 0 Å². The van der Waals surface area contributed by atoms with Crippen molar-refractivity contribution >= 4 is 41.7 Å². The van der Waals surface area contributed by atoms with Gasteiger partial charge in [-0.1, -0.05) is 24.3 Å². The number of urea groups is 1. The predicted molar refractivity (Wildman–Crippen MR) is 135 cm³/mol. The zero-order chi connectivity index (χ0) is 23.0. The number of nitrogens with one attached hydrogen (secondary N) is 3. The molecule has 6 nitrogen and oxygen atoms in total. The number of guanidine groups is 1. The fourth-order valence-corrected chi connectivity index (χ4v) is 3.38. The summed E-state index contributed by atoms with van der Waals surface area (Å²) in [6.45, 7) is 4.87. The van der Waals surface area contributed by atoms with E-state index in [2.05, 4.69) is 20.9 Å². The van der Waals surface area contributed by atoms with E-state index < -0.39 is 11.7 Å². The standard InChI is InChI=1S/C23H28F3N5O.HI/c1-2-27-21(28-15-17-8-10-19(11-9-17)23(24,25)26)29-16-18-6-5-7-20(14-18)30-22(32)31-12-3-4-13-31;/h5-11,14H,2-4,12-13,15-16H2,1H3,(H,30,32)(H2,27,28,29);1H. The monoisotopic (exact) mass is 575 g/mol. The fourth-order valence-electron chi connectivity index (χ4n) is 3.38. The summed E-state index contributed by atoms with van der Waals surface area (Å²) in [5.74, 6) is 0.555. The Bertz CT molecular complexity index is 928. The minimum Gasteiger partial charge on any atom is -0.357 e. The lowest BCUT2D eigenvalue weighted by Gasteiger charge is -2.16. The molecular formula is C23H29F3IN5O. The molecule has 0 aliphatic carbocycles. The van der Waals surface area contributed by atoms with E-state index in [0.717, 1.165) is 54.9 Å². The van der Waals surface area contributed by atoms with Crippen molar-refractivity contribution in [2.45, 2.75) is 39.0 Å². The molecule has 1 aliphatic rings. The van der Waals surface area contributed by atoms with E-state index in [1.807, 2.05) is 31.2 Å². The molecule has 0 bridgehead atoms. The number of carbonyl (C=O) groups is 1. The van der Waals surface area contributed by atoms with E-state index in [0.29, 0.717) is 25.6 Å². The molecule has 0 unspecified atom stereocenters. The highest BCUT2D eigenvalue weighted by atomic mass is 127. The second-order valence-corrected chi connectivity index (χ2v) is 7.57. The molecule has 0 atom stereocenters. The fraction of sp³-hybridized carbons (Fsp3) is 0.391. The first-order chi connectivity index (χ1) is 15.3. The van der Waals surface area contributed by atoms with E-state index in [4.69, 9.17) is 0 Å². The molecule has 1 heterocycles. The number of likely N-dealkylation sites (tertiary alicyclic amines) is 1. The van der Waals surface area contributed by atoms with Gasteiger partial charge < -0.3 is 20.9 Å². The largest absolute Gasteiger partial charge is 0.416 e. The third kappa shape index (κ3) is 8.41. The number of alkyl halides is 3. The lowest BCUT2D eigenvalue weighted by molar-refractivity contribution is -0.137. The maximum absolute atomic E-state index is 12.7. The Hall–Kier alpha value is -2.50. The number of carbonyl (C=O) groups excluding carboxylic acids is 1. The van der Waals surface area contributed by atoms with Gasteiger partial charge in [-0.2, -0.15) is 13.2 Å². The van der Waals surface area contributed by atoms with Gasteiger partial charge in [-0.15, -0.1) is 24.0 Å². The predicted octanol–water partition coefficient (Wildman–Crippen LogP) is 5.21. The first-order valence-corrected chi connectivity index (χ1v) is 10.7. The van der Waals surface area contributed by atoms with Crippen molar-refractivity contribution in [1.82, 2.24) is 15.5 Å². The van der Waals surface area contributed by atoms with Gasteiger partial charge in [-0.05, 0) is 55.2 Å². The summed E-state index contributed by atoms with van der Waals surface area (Å²) in [6, 6.07) is 12.5. The molecule has 3 N–H and O–H groups in total. The van der Waals surface area contributed by atoms with Gasteiger partial charge in [-0.3, -0.25) is 0 Å². The van der Waals surface area contributed by atoms with Crippen LogP contribution in [0.5, 0.6) is 0 Å². The molecule has 2 aromatic carbocycles. The third-order valence-corrected chi connectivity index (χ3v) is 5.08. The molecule has 2 aromatic rings. The third-order valence-electron chi connectivity index (χ3n) is 5.08. The van der Waals surface area contributed by atoms with Crippen LogP contribution >= 0.6 is 24.0 Å². The van der Waals surface area contributed by atoms with Gasteiger partial charge in [0.15, 0.2) is 5.96 Å². The Morgan fingerprint density at radius 3 is 2.36 bits per heavy atom. The van der Waals surface area contributed by atoms with E-state index in [9.17, 15) is 18.0 Å². The van der Waals surface area contributed by atoms with Crippen LogP contribution in [0.25, 0.3) is 0 Å². The zero-order valence-electron chi connectivity index (χ0n) is 18.4. The number of anilines is 1. The summed E-state index contributed by atoms with van der Waals surface area (Å²) in [5, 5.41) is 9.18. The highest BCUT2D eigenvalue weighted by molar-refractivity contribution is 14.0. The molecule has 0 saturated carbocycles. The quantitative estimate of drug-likeness (QED) is 0.252. The summed E-state index contributed by atoms with van der Waals surface area (Å²) < 4.78 is 38.1. The second-order valence-electron chi connectivity index (χ2n) is 7.57. The Balaban J connectivity index is 0.00000385. The number of halogens is 4. The minimum absolute atomic E-state index is 0. The smallest absolute Gasteiger partial charge is 0.357 e. The molecule has 1 aliphatic heterocycles. The van der Waals surface area contributed by atoms with Crippen molar-refractivity contribution < 1.29 is 18.0 Å². The van der Waals surface area contributed by atoms with Crippen molar-refractivity contribution in [3.05, 3.63) is 65.2 Å². The summed E-state index contributed by atoms with van der Waals surface area (Å²) >= 11 is 0. The lowest BCUT2D eigenvalue weighted by atomic mass is 10.1. The van der Waals surface area contributed by atoms with Crippen molar-refractivity contribution in [2.75, 3.05) is 25.0 Å². The molecule has 1 saturated heterocycles. The maximum atomic E-state index is 12.7. The van der Waals surface area contributed by atoms with Crippen LogP contribution in [0, 0.1) is 0 Å². The van der Waals surface area contributed by atoms with Crippen LogP contribution in [0.15, 0.2) is 53.5 Å². The summed E-state index contributed by atoms with van der Waals surface area (Å²) in [6.07, 6.45) is -2.27. The Morgan fingerprint density at radius 1 is 1.03 bits per heavy atom. The van der Waals surface area contributed by atoms with Gasteiger partial charge >= 0.3 is 12.2 Å². The number of rotatable bonds is 6. The second kappa shape index (κ2) is 12.7. The normalized spacial score (nSPS) is 13.9. The highest BCUT2D eigenvalue weighted by Gasteiger charge is 2.29. The first kappa shape index (κ1) is 26.7. The molecule has 0 spiro atoms. The van der Waals surface area contributed by atoms with Crippen molar-refractivity contribution in [1.29, 1.82) is 0 Å². The van der Waals surface area contributed by atoms with E-state index in [1.165, 1.54) is 12.1 Å². The molecule has 10 heteroatoms. The molecular weight excluding hydrogens is 546 g/mol. The van der Waals surface area contributed by atoms with Crippen molar-refractivity contribution in [3.8, 4) is 0 Å². The molecule has 0 aromatic heterocycles. The average molecular weight is 575 g/mol. The van der Waals surface area contributed by atoms with Gasteiger partial charge in [-0.25, -0.2) is 9.79 Å². The molecule has 180 valence electrons. The first-order valence-electron chi connectivity index (χ1n) is 10.7. The van der Waals surface area contributed by atoms with Crippen LogP contribution in [0.2, 0.25) is 0 Å². The number of hydrogen-bond donors (Lipinski definition) is 3. The van der Waals surface area contributed by atoms with Crippen molar-refractivity contribution in [2.24, 2.45) is 4.99 Å². The minimum atomic E-state index is -4.34. The van der Waals surface area contributed by atoms with Crippen LogP contribution in [-0.2, 0) is 19.3 Å². The van der Waals surface area contributed by atoms with Gasteiger partial charge in [0.25, 0.3) is 0 Å². The number of benzene rings is 2. The molecule has 33 heavy (non-hydrogen) atoms. The van der Waals surface area contributed by atoms with Crippen LogP contribution in [0.3, 0.4) is 0 Å². The molecule has 0 radical (unpaired) electrons. The van der Waals surface area contributed by atoms with Gasteiger partial charge in [0, 0.05) is 31.9 Å². The number of aliphatic imine (C=N–C) groups is 1. The molecule has 1 fully saturated rings. The van der Waals surface area contributed by atoms with E-state index in [1.54, 1.807) is 4.90 Å². The summed E-state index contributed by atoms with van der Waals surface area (Å²) in [5.41, 5.74) is 1.70. The Morgan fingerprint density at radius 2 is 1.73 bits per heavy atom. The van der Waals surface area contributed by atoms with Crippen LogP contribution in [0.1, 0.15) is 36.5 Å². The number of nitrogens with zero attached hydrogens (tertiary/aromatic N) is 2. The summed E-state index contributed by atoms with van der Waals surface area (Å²) in [7, 11) is 0. The lowest BCUT2D eigenvalue weighted by Crippen LogP contribution is -2.36. The Kier molecular flexibility index (Phi) is 10.3. The topological polar surface area (TPSA) is 68.8 Å². The average Bonchev–Trinajstić information content (AvgIpc) is 3.31. The zero-order valence-corrected chi connectivity index (χ0v) is 20.7. The van der Waals surface area contributed by atoms with Gasteiger partial charge in [0.1, 0.15) is 0 Å². The number of hydrogen-bond acceptors (Lipinski definition) is 2. The van der Waals surface area contributed by atoms with Crippen LogP contribution in [-0.4, -0.2) is 36.5 Å².